The normalized spacial score (nSPS) is 21.8. The summed E-state index contributed by atoms with van der Waals surface area (Å²) in [6.45, 7) is 9.76. The van der Waals surface area contributed by atoms with Crippen LogP contribution in [0.25, 0.3) is 0 Å². The quantitative estimate of drug-likeness (QED) is 0.891. The molecule has 1 saturated heterocycles. The van der Waals surface area contributed by atoms with E-state index >= 15 is 0 Å². The number of hydrogen-bond donors (Lipinski definition) is 1. The van der Waals surface area contributed by atoms with Gasteiger partial charge in [-0.15, -0.1) is 0 Å². The molecule has 4 heteroatoms. The summed E-state index contributed by atoms with van der Waals surface area (Å²) in [4.78, 5) is 2.49. The Bertz CT molecular complexity index is 432. The van der Waals surface area contributed by atoms with Gasteiger partial charge < -0.3 is 5.32 Å². The highest BCUT2D eigenvalue weighted by molar-refractivity contribution is 6.33. The molecule has 1 aliphatic heterocycles. The zero-order chi connectivity index (χ0) is 13.3. The Balaban J connectivity index is 2.29. The second kappa shape index (κ2) is 5.38. The molecule has 0 bridgehead atoms. The fraction of sp³-hybridized carbons (Fsp3) is 0.571. The fourth-order valence-corrected chi connectivity index (χ4v) is 3.17. The van der Waals surface area contributed by atoms with Crippen LogP contribution in [-0.4, -0.2) is 30.1 Å². The van der Waals surface area contributed by atoms with Crippen molar-refractivity contribution in [3.05, 3.63) is 33.8 Å². The van der Waals surface area contributed by atoms with Crippen molar-refractivity contribution in [1.29, 1.82) is 0 Å². The summed E-state index contributed by atoms with van der Waals surface area (Å²) in [6.07, 6.45) is 0. The smallest absolute Gasteiger partial charge is 0.0454 e. The summed E-state index contributed by atoms with van der Waals surface area (Å²) in [7, 11) is 0. The maximum absolute atomic E-state index is 6.30. The van der Waals surface area contributed by atoms with Crippen molar-refractivity contribution in [1.82, 2.24) is 10.2 Å². The molecule has 0 saturated carbocycles. The van der Waals surface area contributed by atoms with Gasteiger partial charge in [-0.2, -0.15) is 0 Å². The Kier molecular flexibility index (Phi) is 4.22. The third-order valence-corrected chi connectivity index (χ3v) is 4.32. The number of halogens is 2. The predicted octanol–water partition coefficient (Wildman–Crippen LogP) is 3.74. The first-order valence-electron chi connectivity index (χ1n) is 6.34. The number of hydrogen-bond acceptors (Lipinski definition) is 2. The second-order valence-electron chi connectivity index (χ2n) is 5.52. The van der Waals surface area contributed by atoms with E-state index in [-0.39, 0.29) is 11.6 Å². The average molecular weight is 287 g/mol. The SMILES string of the molecule is CC(c1cc(Cl)ccc1Cl)N1CCNCC1(C)C. The Labute approximate surface area is 119 Å². The van der Waals surface area contributed by atoms with E-state index in [4.69, 9.17) is 23.2 Å². The van der Waals surface area contributed by atoms with E-state index < -0.39 is 0 Å². The molecule has 1 heterocycles. The van der Waals surface area contributed by atoms with Gasteiger partial charge in [-0.1, -0.05) is 23.2 Å². The molecule has 2 rings (SSSR count). The fourth-order valence-electron chi connectivity index (χ4n) is 2.72. The highest BCUT2D eigenvalue weighted by Gasteiger charge is 2.34. The number of piperazine rings is 1. The van der Waals surface area contributed by atoms with E-state index in [9.17, 15) is 0 Å². The minimum absolute atomic E-state index is 0.128. The lowest BCUT2D eigenvalue weighted by molar-refractivity contribution is 0.0517. The topological polar surface area (TPSA) is 15.3 Å². The summed E-state index contributed by atoms with van der Waals surface area (Å²) in [5.41, 5.74) is 1.24. The molecule has 0 amide bonds. The van der Waals surface area contributed by atoms with Crippen LogP contribution in [0.4, 0.5) is 0 Å². The lowest BCUT2D eigenvalue weighted by Gasteiger charge is -2.46. The number of nitrogens with one attached hydrogen (secondary N) is 1. The van der Waals surface area contributed by atoms with E-state index in [1.54, 1.807) is 0 Å². The molecule has 0 aromatic heterocycles. The van der Waals surface area contributed by atoms with Gasteiger partial charge in [-0.05, 0) is 44.5 Å². The molecular formula is C14H20Cl2N2. The number of nitrogens with zero attached hydrogens (tertiary/aromatic N) is 1. The van der Waals surface area contributed by atoms with Crippen LogP contribution in [0.5, 0.6) is 0 Å². The Morgan fingerprint density at radius 2 is 2.06 bits per heavy atom. The second-order valence-corrected chi connectivity index (χ2v) is 6.37. The zero-order valence-corrected chi connectivity index (χ0v) is 12.6. The minimum atomic E-state index is 0.128. The maximum Gasteiger partial charge on any atom is 0.0454 e. The van der Waals surface area contributed by atoms with Crippen LogP contribution in [0.15, 0.2) is 18.2 Å². The van der Waals surface area contributed by atoms with Gasteiger partial charge in [0.25, 0.3) is 0 Å². The van der Waals surface area contributed by atoms with E-state index in [1.165, 1.54) is 0 Å². The first-order valence-corrected chi connectivity index (χ1v) is 7.10. The molecule has 1 atom stereocenters. The van der Waals surface area contributed by atoms with Crippen molar-refractivity contribution in [2.75, 3.05) is 19.6 Å². The maximum atomic E-state index is 6.30. The van der Waals surface area contributed by atoms with E-state index in [2.05, 4.69) is 31.0 Å². The van der Waals surface area contributed by atoms with Gasteiger partial charge in [0.2, 0.25) is 0 Å². The lowest BCUT2D eigenvalue weighted by Crippen LogP contribution is -2.58. The molecule has 0 spiro atoms. The summed E-state index contributed by atoms with van der Waals surface area (Å²) >= 11 is 12.4. The Morgan fingerprint density at radius 3 is 2.72 bits per heavy atom. The van der Waals surface area contributed by atoms with Crippen LogP contribution in [0.3, 0.4) is 0 Å². The van der Waals surface area contributed by atoms with Crippen molar-refractivity contribution < 1.29 is 0 Å². The van der Waals surface area contributed by atoms with Gasteiger partial charge in [-0.3, -0.25) is 4.90 Å². The Morgan fingerprint density at radius 1 is 1.33 bits per heavy atom. The lowest BCUT2D eigenvalue weighted by atomic mass is 9.95. The average Bonchev–Trinajstić information content (AvgIpc) is 2.31. The van der Waals surface area contributed by atoms with Gasteiger partial charge in [0.15, 0.2) is 0 Å². The minimum Gasteiger partial charge on any atom is -0.314 e. The molecule has 2 nitrogen and oxygen atoms in total. The van der Waals surface area contributed by atoms with Crippen LogP contribution < -0.4 is 5.32 Å². The van der Waals surface area contributed by atoms with Crippen molar-refractivity contribution in [2.24, 2.45) is 0 Å². The van der Waals surface area contributed by atoms with Crippen LogP contribution in [0, 0.1) is 0 Å². The van der Waals surface area contributed by atoms with Crippen LogP contribution >= 0.6 is 23.2 Å². The van der Waals surface area contributed by atoms with E-state index in [0.29, 0.717) is 0 Å². The summed E-state index contributed by atoms with van der Waals surface area (Å²) in [6, 6.07) is 5.97. The largest absolute Gasteiger partial charge is 0.314 e. The third kappa shape index (κ3) is 2.83. The molecular weight excluding hydrogens is 267 g/mol. The van der Waals surface area contributed by atoms with Crippen molar-refractivity contribution in [3.8, 4) is 0 Å². The molecule has 100 valence electrons. The molecule has 18 heavy (non-hydrogen) atoms. The molecule has 0 aliphatic carbocycles. The highest BCUT2D eigenvalue weighted by Crippen LogP contribution is 2.34. The van der Waals surface area contributed by atoms with E-state index in [0.717, 1.165) is 35.2 Å². The van der Waals surface area contributed by atoms with Gasteiger partial charge in [0.05, 0.1) is 0 Å². The third-order valence-electron chi connectivity index (χ3n) is 3.74. The predicted molar refractivity (Wildman–Crippen MR) is 78.5 cm³/mol. The van der Waals surface area contributed by atoms with Gasteiger partial charge in [0.1, 0.15) is 0 Å². The first-order chi connectivity index (χ1) is 8.42. The molecule has 1 unspecified atom stereocenters. The van der Waals surface area contributed by atoms with Crippen LogP contribution in [-0.2, 0) is 0 Å². The van der Waals surface area contributed by atoms with Gasteiger partial charge >= 0.3 is 0 Å². The Hall–Kier alpha value is -0.280. The van der Waals surface area contributed by atoms with Gasteiger partial charge in [-0.25, -0.2) is 0 Å². The summed E-state index contributed by atoms with van der Waals surface area (Å²) < 4.78 is 0. The van der Waals surface area contributed by atoms with Crippen molar-refractivity contribution in [3.63, 3.8) is 0 Å². The van der Waals surface area contributed by atoms with Gasteiger partial charge in [0, 0.05) is 41.3 Å². The highest BCUT2D eigenvalue weighted by atomic mass is 35.5. The molecule has 1 aliphatic rings. The van der Waals surface area contributed by atoms with Crippen molar-refractivity contribution >= 4 is 23.2 Å². The van der Waals surface area contributed by atoms with E-state index in [1.807, 2.05) is 18.2 Å². The molecule has 0 radical (unpaired) electrons. The van der Waals surface area contributed by atoms with Crippen molar-refractivity contribution in [2.45, 2.75) is 32.4 Å². The van der Waals surface area contributed by atoms with Crippen LogP contribution in [0.1, 0.15) is 32.4 Å². The standard InChI is InChI=1S/C14H20Cl2N2/c1-10(12-8-11(15)4-5-13(12)16)18-7-6-17-9-14(18,2)3/h4-5,8,10,17H,6-7,9H2,1-3H3. The summed E-state index contributed by atoms with van der Waals surface area (Å²) in [5, 5.41) is 4.97. The molecule has 1 aromatic rings. The zero-order valence-electron chi connectivity index (χ0n) is 11.1. The monoisotopic (exact) mass is 286 g/mol. The number of benzene rings is 1. The molecule has 1 fully saturated rings. The first kappa shape index (κ1) is 14.1. The summed E-state index contributed by atoms with van der Waals surface area (Å²) in [5.74, 6) is 0. The molecule has 1 N–H and O–H groups in total. The number of rotatable bonds is 2. The van der Waals surface area contributed by atoms with Crippen LogP contribution in [0.2, 0.25) is 10.0 Å². The molecule has 1 aromatic carbocycles.